The van der Waals surface area contributed by atoms with Gasteiger partial charge in [-0.1, -0.05) is 0 Å². The van der Waals surface area contributed by atoms with Crippen LogP contribution < -0.4 is 5.73 Å². The quantitative estimate of drug-likeness (QED) is 0.573. The summed E-state index contributed by atoms with van der Waals surface area (Å²) in [5.41, 5.74) is 5.60. The first-order chi connectivity index (χ1) is 6.61. The van der Waals surface area contributed by atoms with Crippen molar-refractivity contribution in [2.24, 2.45) is 5.73 Å². The summed E-state index contributed by atoms with van der Waals surface area (Å²) in [6, 6.07) is -0.644. The van der Waals surface area contributed by atoms with Crippen LogP contribution in [0.25, 0.3) is 0 Å². The van der Waals surface area contributed by atoms with E-state index in [-0.39, 0.29) is 17.9 Å². The van der Waals surface area contributed by atoms with Crippen LogP contribution in [-0.2, 0) is 9.59 Å². The number of nitrogens with two attached hydrogens (primary N) is 1. The minimum atomic E-state index is -0.395. The minimum Gasteiger partial charge on any atom is -0.344 e. The van der Waals surface area contributed by atoms with Crippen LogP contribution >= 0.6 is 0 Å². The van der Waals surface area contributed by atoms with Crippen molar-refractivity contribution in [3.8, 4) is 0 Å². The van der Waals surface area contributed by atoms with Crippen molar-refractivity contribution in [2.75, 3.05) is 20.1 Å². The topological polar surface area (TPSA) is 66.6 Å². The van der Waals surface area contributed by atoms with Gasteiger partial charge in [-0.15, -0.1) is 0 Å². The van der Waals surface area contributed by atoms with Gasteiger partial charge in [0.2, 0.25) is 11.8 Å². The van der Waals surface area contributed by atoms with Crippen LogP contribution in [0, 0.1) is 0 Å². The van der Waals surface area contributed by atoms with Gasteiger partial charge < -0.3 is 15.5 Å². The number of hydrogen-bond acceptors (Lipinski definition) is 3. The molecule has 2 aliphatic heterocycles. The van der Waals surface area contributed by atoms with Crippen molar-refractivity contribution < 1.29 is 9.59 Å². The maximum atomic E-state index is 11.6. The smallest absolute Gasteiger partial charge is 0.245 e. The maximum Gasteiger partial charge on any atom is 0.245 e. The standard InChI is InChI=1S/C9H15N3O2/c1-11-4-3-7(9(11)14)12-5-2-6(10)8(12)13/h6-7H,2-5,10H2,1H3. The summed E-state index contributed by atoms with van der Waals surface area (Å²) < 4.78 is 0. The second-order valence-electron chi connectivity index (χ2n) is 3.99. The van der Waals surface area contributed by atoms with Crippen LogP contribution in [0.1, 0.15) is 12.8 Å². The Morgan fingerprint density at radius 3 is 2.36 bits per heavy atom. The van der Waals surface area contributed by atoms with Crippen molar-refractivity contribution in [1.29, 1.82) is 0 Å². The first-order valence-electron chi connectivity index (χ1n) is 4.92. The zero-order valence-corrected chi connectivity index (χ0v) is 8.27. The number of hydrogen-bond donors (Lipinski definition) is 1. The molecule has 0 spiro atoms. The highest BCUT2D eigenvalue weighted by Crippen LogP contribution is 2.21. The molecule has 5 heteroatoms. The molecule has 2 N–H and O–H groups in total. The van der Waals surface area contributed by atoms with Gasteiger partial charge in [0.15, 0.2) is 0 Å². The van der Waals surface area contributed by atoms with Gasteiger partial charge in [-0.25, -0.2) is 0 Å². The molecule has 0 bridgehead atoms. The Hall–Kier alpha value is -1.10. The minimum absolute atomic E-state index is 0.0486. The van der Waals surface area contributed by atoms with Crippen molar-refractivity contribution in [3.05, 3.63) is 0 Å². The molecule has 2 saturated heterocycles. The van der Waals surface area contributed by atoms with Crippen LogP contribution in [0.2, 0.25) is 0 Å². The molecule has 0 radical (unpaired) electrons. The van der Waals surface area contributed by atoms with E-state index in [9.17, 15) is 9.59 Å². The lowest BCUT2D eigenvalue weighted by Gasteiger charge is -2.22. The lowest BCUT2D eigenvalue weighted by atomic mass is 10.2. The molecule has 2 heterocycles. The molecule has 0 saturated carbocycles. The number of likely N-dealkylation sites (tertiary alicyclic amines) is 2. The number of nitrogens with zero attached hydrogens (tertiary/aromatic N) is 2. The lowest BCUT2D eigenvalue weighted by Crippen LogP contribution is -2.44. The highest BCUT2D eigenvalue weighted by molar-refractivity contribution is 5.91. The Balaban J connectivity index is 2.10. The zero-order chi connectivity index (χ0) is 10.3. The predicted octanol–water partition coefficient (Wildman–Crippen LogP) is -1.22. The van der Waals surface area contributed by atoms with Crippen LogP contribution in [0.5, 0.6) is 0 Å². The van der Waals surface area contributed by atoms with Crippen molar-refractivity contribution >= 4 is 11.8 Å². The highest BCUT2D eigenvalue weighted by atomic mass is 16.2. The van der Waals surface area contributed by atoms with E-state index in [1.54, 1.807) is 16.8 Å². The zero-order valence-electron chi connectivity index (χ0n) is 8.27. The van der Waals surface area contributed by atoms with Crippen LogP contribution in [0.4, 0.5) is 0 Å². The molecule has 0 aliphatic carbocycles. The largest absolute Gasteiger partial charge is 0.344 e. The van der Waals surface area contributed by atoms with Gasteiger partial charge >= 0.3 is 0 Å². The van der Waals surface area contributed by atoms with Crippen molar-refractivity contribution in [1.82, 2.24) is 9.80 Å². The van der Waals surface area contributed by atoms with E-state index in [0.717, 1.165) is 13.0 Å². The Kier molecular flexibility index (Phi) is 2.19. The van der Waals surface area contributed by atoms with E-state index < -0.39 is 6.04 Å². The lowest BCUT2D eigenvalue weighted by molar-refractivity contribution is -0.139. The number of rotatable bonds is 1. The predicted molar refractivity (Wildman–Crippen MR) is 50.3 cm³/mol. The van der Waals surface area contributed by atoms with E-state index in [0.29, 0.717) is 13.0 Å². The van der Waals surface area contributed by atoms with E-state index >= 15 is 0 Å². The molecule has 0 aromatic heterocycles. The van der Waals surface area contributed by atoms with Gasteiger partial charge in [-0.05, 0) is 12.8 Å². The molecule has 2 aliphatic rings. The summed E-state index contributed by atoms with van der Waals surface area (Å²) in [7, 11) is 1.77. The second-order valence-corrected chi connectivity index (χ2v) is 3.99. The first kappa shape index (κ1) is 9.45. The van der Waals surface area contributed by atoms with Crippen molar-refractivity contribution in [3.63, 3.8) is 0 Å². The highest BCUT2D eigenvalue weighted by Gasteiger charge is 2.40. The molecule has 78 valence electrons. The number of carbonyl (C=O) groups excluding carboxylic acids is 2. The SMILES string of the molecule is CN1CCC(N2CCC(N)C2=O)C1=O. The van der Waals surface area contributed by atoms with Crippen molar-refractivity contribution in [2.45, 2.75) is 24.9 Å². The average Bonchev–Trinajstić information content (AvgIpc) is 2.63. The summed E-state index contributed by atoms with van der Waals surface area (Å²) in [5, 5.41) is 0. The third-order valence-corrected chi connectivity index (χ3v) is 3.06. The molecular formula is C9H15N3O2. The number of amides is 2. The molecule has 2 atom stereocenters. The molecule has 2 amide bonds. The van der Waals surface area contributed by atoms with Gasteiger partial charge in [0, 0.05) is 20.1 Å². The monoisotopic (exact) mass is 197 g/mol. The molecule has 5 nitrogen and oxygen atoms in total. The Morgan fingerprint density at radius 1 is 1.21 bits per heavy atom. The molecule has 14 heavy (non-hydrogen) atoms. The fraction of sp³-hybridized carbons (Fsp3) is 0.778. The number of carbonyl (C=O) groups is 2. The van der Waals surface area contributed by atoms with Gasteiger partial charge in [-0.2, -0.15) is 0 Å². The molecule has 0 aromatic rings. The van der Waals surface area contributed by atoms with E-state index in [1.807, 2.05) is 0 Å². The van der Waals surface area contributed by atoms with Crippen LogP contribution in [0.3, 0.4) is 0 Å². The fourth-order valence-electron chi connectivity index (χ4n) is 2.13. The second kappa shape index (κ2) is 3.24. The summed E-state index contributed by atoms with van der Waals surface area (Å²) in [6.07, 6.45) is 1.42. The normalized spacial score (nSPS) is 33.3. The summed E-state index contributed by atoms with van der Waals surface area (Å²) in [4.78, 5) is 26.5. The molecule has 2 fully saturated rings. The summed E-state index contributed by atoms with van der Waals surface area (Å²) in [5.74, 6) is -0.0221. The molecule has 2 rings (SSSR count). The first-order valence-corrected chi connectivity index (χ1v) is 4.92. The summed E-state index contributed by atoms with van der Waals surface area (Å²) >= 11 is 0. The maximum absolute atomic E-state index is 11.6. The molecule has 2 unspecified atom stereocenters. The third kappa shape index (κ3) is 1.28. The van der Waals surface area contributed by atoms with Gasteiger partial charge in [0.1, 0.15) is 6.04 Å². The van der Waals surface area contributed by atoms with E-state index in [1.165, 1.54) is 0 Å². The fourth-order valence-corrected chi connectivity index (χ4v) is 2.13. The summed E-state index contributed by atoms with van der Waals surface area (Å²) in [6.45, 7) is 1.37. The van der Waals surface area contributed by atoms with Crippen LogP contribution in [0.15, 0.2) is 0 Å². The van der Waals surface area contributed by atoms with E-state index in [4.69, 9.17) is 5.73 Å². The third-order valence-electron chi connectivity index (χ3n) is 3.06. The van der Waals surface area contributed by atoms with Crippen LogP contribution in [-0.4, -0.2) is 53.8 Å². The Labute approximate surface area is 82.8 Å². The average molecular weight is 197 g/mol. The Bertz CT molecular complexity index is 251. The van der Waals surface area contributed by atoms with Gasteiger partial charge in [0.05, 0.1) is 6.04 Å². The van der Waals surface area contributed by atoms with Gasteiger partial charge in [-0.3, -0.25) is 9.59 Å². The van der Waals surface area contributed by atoms with Gasteiger partial charge in [0.25, 0.3) is 0 Å². The van der Waals surface area contributed by atoms with E-state index in [2.05, 4.69) is 0 Å². The molecular weight excluding hydrogens is 182 g/mol. The number of likely N-dealkylation sites (N-methyl/N-ethyl adjacent to an activating group) is 1. The molecule has 0 aromatic carbocycles. The Morgan fingerprint density at radius 2 is 1.93 bits per heavy atom.